The number of fused-ring (bicyclic) bond motifs is 1. The molecule has 2 rings (SSSR count). The van der Waals surface area contributed by atoms with Gasteiger partial charge in [0.05, 0.1) is 11.2 Å². The summed E-state index contributed by atoms with van der Waals surface area (Å²) in [5.41, 5.74) is 9.37. The van der Waals surface area contributed by atoms with Crippen molar-refractivity contribution in [1.82, 2.24) is 9.78 Å². The Morgan fingerprint density at radius 3 is 2.80 bits per heavy atom. The minimum atomic E-state index is 0.0827. The summed E-state index contributed by atoms with van der Waals surface area (Å²) < 4.78 is 1.93. The van der Waals surface area contributed by atoms with E-state index in [1.54, 1.807) is 0 Å². The summed E-state index contributed by atoms with van der Waals surface area (Å²) >= 11 is 0. The Labute approximate surface area is 89.9 Å². The molecule has 0 radical (unpaired) electrons. The van der Waals surface area contributed by atoms with E-state index in [0.29, 0.717) is 0 Å². The molecule has 0 aliphatic rings. The molecule has 0 fully saturated rings. The van der Waals surface area contributed by atoms with Crippen LogP contribution in [0.25, 0.3) is 10.9 Å². The molecule has 1 heterocycles. The molecule has 0 bridgehead atoms. The third kappa shape index (κ3) is 1.63. The van der Waals surface area contributed by atoms with Crippen molar-refractivity contribution in [2.75, 3.05) is 0 Å². The standard InChI is InChI=1S/C12H17N3/c1-4-11-10-7-9(8(2)13)5-6-12(10)15(3)14-11/h5-8H,4,13H2,1-3H3. The van der Waals surface area contributed by atoms with E-state index in [2.05, 4.69) is 30.2 Å². The molecule has 1 aromatic heterocycles. The molecular weight excluding hydrogens is 186 g/mol. The number of nitrogens with two attached hydrogens (primary N) is 1. The van der Waals surface area contributed by atoms with Crippen LogP contribution in [0.4, 0.5) is 0 Å². The lowest BCUT2D eigenvalue weighted by Crippen LogP contribution is -2.04. The Balaban J connectivity index is 2.68. The van der Waals surface area contributed by atoms with E-state index in [4.69, 9.17) is 5.73 Å². The van der Waals surface area contributed by atoms with Gasteiger partial charge < -0.3 is 5.73 Å². The zero-order chi connectivity index (χ0) is 11.0. The lowest BCUT2D eigenvalue weighted by molar-refractivity contribution is 0.770. The minimum Gasteiger partial charge on any atom is -0.324 e. The molecule has 1 aromatic carbocycles. The number of benzene rings is 1. The first-order valence-electron chi connectivity index (χ1n) is 5.34. The molecule has 2 aromatic rings. The van der Waals surface area contributed by atoms with Crippen molar-refractivity contribution >= 4 is 10.9 Å². The Morgan fingerprint density at radius 1 is 1.47 bits per heavy atom. The second-order valence-electron chi connectivity index (χ2n) is 3.99. The zero-order valence-corrected chi connectivity index (χ0v) is 9.49. The van der Waals surface area contributed by atoms with Crippen LogP contribution in [-0.2, 0) is 13.5 Å². The number of hydrogen-bond acceptors (Lipinski definition) is 2. The van der Waals surface area contributed by atoms with Gasteiger partial charge in [0.25, 0.3) is 0 Å². The van der Waals surface area contributed by atoms with Gasteiger partial charge in [0, 0.05) is 18.5 Å². The molecule has 15 heavy (non-hydrogen) atoms. The van der Waals surface area contributed by atoms with E-state index in [0.717, 1.165) is 12.1 Å². The number of aryl methyl sites for hydroxylation is 2. The molecule has 0 saturated heterocycles. The zero-order valence-electron chi connectivity index (χ0n) is 9.49. The average Bonchev–Trinajstić information content (AvgIpc) is 2.55. The van der Waals surface area contributed by atoms with Gasteiger partial charge in [0.2, 0.25) is 0 Å². The maximum Gasteiger partial charge on any atom is 0.0700 e. The summed E-state index contributed by atoms with van der Waals surface area (Å²) in [6.07, 6.45) is 0.958. The third-order valence-electron chi connectivity index (χ3n) is 2.81. The van der Waals surface area contributed by atoms with E-state index < -0.39 is 0 Å². The summed E-state index contributed by atoms with van der Waals surface area (Å²) in [7, 11) is 1.98. The first-order valence-corrected chi connectivity index (χ1v) is 5.34. The van der Waals surface area contributed by atoms with Gasteiger partial charge in [0.15, 0.2) is 0 Å². The Bertz CT molecular complexity index is 483. The first-order chi connectivity index (χ1) is 7.13. The second kappa shape index (κ2) is 3.66. The van der Waals surface area contributed by atoms with Crippen LogP contribution in [0.3, 0.4) is 0 Å². The van der Waals surface area contributed by atoms with Crippen molar-refractivity contribution in [2.24, 2.45) is 12.8 Å². The first kappa shape index (κ1) is 10.2. The summed E-state index contributed by atoms with van der Waals surface area (Å²) in [4.78, 5) is 0. The van der Waals surface area contributed by atoms with Gasteiger partial charge in [-0.05, 0) is 31.0 Å². The van der Waals surface area contributed by atoms with Crippen LogP contribution >= 0.6 is 0 Å². The molecule has 0 spiro atoms. The Kier molecular flexibility index (Phi) is 2.49. The molecule has 3 heteroatoms. The van der Waals surface area contributed by atoms with Crippen LogP contribution in [0.5, 0.6) is 0 Å². The molecule has 1 unspecified atom stereocenters. The molecule has 2 N–H and O–H groups in total. The van der Waals surface area contributed by atoms with E-state index in [9.17, 15) is 0 Å². The van der Waals surface area contributed by atoms with Crippen LogP contribution < -0.4 is 5.73 Å². The summed E-state index contributed by atoms with van der Waals surface area (Å²) in [6.45, 7) is 4.13. The van der Waals surface area contributed by atoms with Crippen LogP contribution in [0.1, 0.15) is 31.1 Å². The fourth-order valence-electron chi connectivity index (χ4n) is 1.90. The van der Waals surface area contributed by atoms with Gasteiger partial charge in [-0.3, -0.25) is 4.68 Å². The highest BCUT2D eigenvalue weighted by molar-refractivity contribution is 5.82. The maximum atomic E-state index is 5.88. The van der Waals surface area contributed by atoms with E-state index in [-0.39, 0.29) is 6.04 Å². The predicted molar refractivity (Wildman–Crippen MR) is 62.7 cm³/mol. The van der Waals surface area contributed by atoms with Crippen molar-refractivity contribution in [3.05, 3.63) is 29.5 Å². The van der Waals surface area contributed by atoms with Crippen LogP contribution in [0.2, 0.25) is 0 Å². The molecule has 0 aliphatic heterocycles. The minimum absolute atomic E-state index is 0.0827. The molecule has 0 saturated carbocycles. The normalized spacial score (nSPS) is 13.3. The van der Waals surface area contributed by atoms with Crippen molar-refractivity contribution in [1.29, 1.82) is 0 Å². The summed E-state index contributed by atoms with van der Waals surface area (Å²) in [5.74, 6) is 0. The predicted octanol–water partition coefficient (Wildman–Crippen LogP) is 2.16. The quantitative estimate of drug-likeness (QED) is 0.812. The Hall–Kier alpha value is -1.35. The molecule has 0 aliphatic carbocycles. The van der Waals surface area contributed by atoms with Gasteiger partial charge in [-0.25, -0.2) is 0 Å². The number of rotatable bonds is 2. The summed E-state index contributed by atoms with van der Waals surface area (Å²) in [6, 6.07) is 6.42. The highest BCUT2D eigenvalue weighted by Crippen LogP contribution is 2.22. The fraction of sp³-hybridized carbons (Fsp3) is 0.417. The summed E-state index contributed by atoms with van der Waals surface area (Å²) in [5, 5.41) is 5.72. The molecule has 3 nitrogen and oxygen atoms in total. The molecule has 1 atom stereocenters. The topological polar surface area (TPSA) is 43.8 Å². The highest BCUT2D eigenvalue weighted by atomic mass is 15.3. The van der Waals surface area contributed by atoms with Crippen molar-refractivity contribution in [2.45, 2.75) is 26.3 Å². The largest absolute Gasteiger partial charge is 0.324 e. The van der Waals surface area contributed by atoms with Gasteiger partial charge in [-0.2, -0.15) is 5.10 Å². The smallest absolute Gasteiger partial charge is 0.0700 e. The van der Waals surface area contributed by atoms with Crippen LogP contribution in [0, 0.1) is 0 Å². The van der Waals surface area contributed by atoms with E-state index in [1.807, 2.05) is 18.7 Å². The lowest BCUT2D eigenvalue weighted by Gasteiger charge is -2.05. The Morgan fingerprint density at radius 2 is 2.20 bits per heavy atom. The monoisotopic (exact) mass is 203 g/mol. The lowest BCUT2D eigenvalue weighted by atomic mass is 10.1. The van der Waals surface area contributed by atoms with Crippen LogP contribution in [-0.4, -0.2) is 9.78 Å². The van der Waals surface area contributed by atoms with Crippen molar-refractivity contribution in [3.63, 3.8) is 0 Å². The molecular formula is C12H17N3. The van der Waals surface area contributed by atoms with E-state index in [1.165, 1.54) is 16.5 Å². The SMILES string of the molecule is CCc1nn(C)c2ccc(C(C)N)cc12. The molecule has 0 amide bonds. The van der Waals surface area contributed by atoms with Crippen molar-refractivity contribution < 1.29 is 0 Å². The third-order valence-corrected chi connectivity index (χ3v) is 2.81. The highest BCUT2D eigenvalue weighted by Gasteiger charge is 2.08. The van der Waals surface area contributed by atoms with Crippen LogP contribution in [0.15, 0.2) is 18.2 Å². The second-order valence-corrected chi connectivity index (χ2v) is 3.99. The van der Waals surface area contributed by atoms with Gasteiger partial charge in [0.1, 0.15) is 0 Å². The molecule has 80 valence electrons. The van der Waals surface area contributed by atoms with E-state index >= 15 is 0 Å². The van der Waals surface area contributed by atoms with Gasteiger partial charge in [-0.15, -0.1) is 0 Å². The van der Waals surface area contributed by atoms with Gasteiger partial charge >= 0.3 is 0 Å². The number of hydrogen-bond donors (Lipinski definition) is 1. The van der Waals surface area contributed by atoms with Gasteiger partial charge in [-0.1, -0.05) is 13.0 Å². The number of nitrogens with zero attached hydrogens (tertiary/aromatic N) is 2. The average molecular weight is 203 g/mol. The number of aromatic nitrogens is 2. The van der Waals surface area contributed by atoms with Crippen molar-refractivity contribution in [3.8, 4) is 0 Å². The maximum absolute atomic E-state index is 5.88. The fourth-order valence-corrected chi connectivity index (χ4v) is 1.90.